The largest absolute Gasteiger partial charge is 0.444 e. The molecular weight excluding hydrogens is 346 g/mol. The van der Waals surface area contributed by atoms with Gasteiger partial charge in [-0.2, -0.15) is 0 Å². The summed E-state index contributed by atoms with van der Waals surface area (Å²) in [5.41, 5.74) is 0.422. The molecule has 0 aliphatic carbocycles. The molecule has 0 aliphatic heterocycles. The van der Waals surface area contributed by atoms with E-state index in [4.69, 9.17) is 4.74 Å². The fourth-order valence-corrected chi connectivity index (χ4v) is 3.14. The molecule has 1 atom stereocenters. The zero-order valence-corrected chi connectivity index (χ0v) is 18.8. The Morgan fingerprint density at radius 3 is 1.81 bits per heavy atom. The van der Waals surface area contributed by atoms with Crippen molar-refractivity contribution < 1.29 is 9.53 Å². The third-order valence-electron chi connectivity index (χ3n) is 4.63. The number of hydrogen-bond acceptors (Lipinski definition) is 3. The highest BCUT2D eigenvalue weighted by Crippen LogP contribution is 2.17. The third kappa shape index (κ3) is 16.9. The molecule has 26 heavy (non-hydrogen) atoms. The first-order valence-corrected chi connectivity index (χ1v) is 10.4. The molecule has 0 radical (unpaired) electrons. The van der Waals surface area contributed by atoms with Gasteiger partial charge in [0.15, 0.2) is 6.23 Å². The summed E-state index contributed by atoms with van der Waals surface area (Å²) < 4.78 is 5.30. The van der Waals surface area contributed by atoms with Crippen molar-refractivity contribution in [2.24, 2.45) is 0 Å². The van der Waals surface area contributed by atoms with Gasteiger partial charge in [-0.15, -0.1) is 12.4 Å². The highest BCUT2D eigenvalue weighted by molar-refractivity contribution is 5.87. The minimum Gasteiger partial charge on any atom is -0.444 e. The van der Waals surface area contributed by atoms with Crippen molar-refractivity contribution in [3.05, 3.63) is 12.2 Å². The normalized spacial score (nSPS) is 12.3. The number of unbranched alkanes of at least 4 members (excludes halogenated alkanes) is 10. The first kappa shape index (κ1) is 27.7. The van der Waals surface area contributed by atoms with E-state index < -0.39 is 0 Å². The van der Waals surface area contributed by atoms with Gasteiger partial charge in [-0.1, -0.05) is 84.1 Å². The van der Waals surface area contributed by atoms with Gasteiger partial charge in [-0.25, -0.2) is 4.79 Å². The molecule has 0 rings (SSSR count). The van der Waals surface area contributed by atoms with E-state index in [0.717, 1.165) is 6.42 Å². The highest BCUT2D eigenvalue weighted by Gasteiger charge is 2.21. The van der Waals surface area contributed by atoms with E-state index in [1.807, 2.05) is 6.92 Å². The van der Waals surface area contributed by atoms with Crippen LogP contribution in [0.3, 0.4) is 0 Å². The molecule has 4 heteroatoms. The Bertz CT molecular complexity index is 369. The van der Waals surface area contributed by atoms with E-state index in [-0.39, 0.29) is 30.1 Å². The molecule has 3 nitrogen and oxygen atoms in total. The van der Waals surface area contributed by atoms with Crippen molar-refractivity contribution >= 4 is 18.4 Å². The number of halogens is 1. The van der Waals surface area contributed by atoms with E-state index in [0.29, 0.717) is 5.57 Å². The van der Waals surface area contributed by atoms with Crippen LogP contribution in [0.1, 0.15) is 112 Å². The lowest BCUT2D eigenvalue weighted by atomic mass is 9.95. The molecule has 0 fully saturated rings. The molecule has 0 heterocycles. The smallest absolute Gasteiger partial charge is 0.334 e. The molecule has 0 bridgehead atoms. The summed E-state index contributed by atoms with van der Waals surface area (Å²) >= 11 is 0. The molecule has 0 aliphatic rings. The average Bonchev–Trinajstić information content (AvgIpc) is 2.51. The van der Waals surface area contributed by atoms with Gasteiger partial charge >= 0.3 is 5.97 Å². The summed E-state index contributed by atoms with van der Waals surface area (Å²) in [5, 5.41) is 3.39. The molecule has 0 spiro atoms. The molecule has 1 N–H and O–H groups in total. The zero-order chi connectivity index (χ0) is 19.1. The third-order valence-corrected chi connectivity index (χ3v) is 4.63. The summed E-state index contributed by atoms with van der Waals surface area (Å²) in [5.74, 6) is -0.328. The molecule has 0 amide bonds. The van der Waals surface area contributed by atoms with Crippen molar-refractivity contribution in [3.63, 3.8) is 0 Å². The van der Waals surface area contributed by atoms with Crippen molar-refractivity contribution in [3.8, 4) is 0 Å². The number of ether oxygens (including phenoxy) is 1. The van der Waals surface area contributed by atoms with E-state index in [2.05, 4.69) is 32.7 Å². The Morgan fingerprint density at radius 2 is 1.38 bits per heavy atom. The van der Waals surface area contributed by atoms with Crippen LogP contribution < -0.4 is 5.32 Å². The van der Waals surface area contributed by atoms with Crippen LogP contribution in [-0.4, -0.2) is 17.7 Å². The van der Waals surface area contributed by atoms with Crippen LogP contribution in [-0.2, 0) is 9.53 Å². The van der Waals surface area contributed by atoms with Crippen molar-refractivity contribution in [2.75, 3.05) is 0 Å². The maximum atomic E-state index is 11.5. The molecule has 0 saturated heterocycles. The number of carbonyl (C=O) groups is 1. The van der Waals surface area contributed by atoms with Crippen LogP contribution in [0.15, 0.2) is 12.2 Å². The van der Waals surface area contributed by atoms with Gasteiger partial charge < -0.3 is 4.74 Å². The van der Waals surface area contributed by atoms with Crippen LogP contribution in [0.2, 0.25) is 0 Å². The Labute approximate surface area is 169 Å². The summed E-state index contributed by atoms with van der Waals surface area (Å²) in [6.45, 7) is 13.8. The molecular formula is C22H44ClNO2. The van der Waals surface area contributed by atoms with E-state index in [9.17, 15) is 4.79 Å². The maximum absolute atomic E-state index is 11.5. The van der Waals surface area contributed by atoms with E-state index in [1.165, 1.54) is 70.6 Å². The van der Waals surface area contributed by atoms with E-state index in [1.54, 1.807) is 6.92 Å². The van der Waals surface area contributed by atoms with Gasteiger partial charge in [0.25, 0.3) is 0 Å². The minimum atomic E-state index is -0.328. The van der Waals surface area contributed by atoms with Gasteiger partial charge in [0, 0.05) is 11.1 Å². The second kappa shape index (κ2) is 16.6. The van der Waals surface area contributed by atoms with Gasteiger partial charge in [0.2, 0.25) is 0 Å². The number of hydrogen-bond donors (Lipinski definition) is 1. The first-order valence-electron chi connectivity index (χ1n) is 10.4. The quantitative estimate of drug-likeness (QED) is 0.134. The minimum absolute atomic E-state index is 0. The molecule has 0 aromatic rings. The van der Waals surface area contributed by atoms with E-state index >= 15 is 0 Å². The second-order valence-electron chi connectivity index (χ2n) is 8.14. The second-order valence-corrected chi connectivity index (χ2v) is 8.14. The fourth-order valence-electron chi connectivity index (χ4n) is 3.14. The summed E-state index contributed by atoms with van der Waals surface area (Å²) in [7, 11) is 0. The Balaban J connectivity index is 0. The number of esters is 1. The summed E-state index contributed by atoms with van der Waals surface area (Å²) in [6, 6.07) is 0. The SMILES string of the molecule is C=C(C)C(=O)OC(C)NC(C)(C)CCCCCCCCCCCCC.Cl. The lowest BCUT2D eigenvalue weighted by Crippen LogP contribution is -2.46. The lowest BCUT2D eigenvalue weighted by Gasteiger charge is -2.30. The van der Waals surface area contributed by atoms with Crippen LogP contribution in [0, 0.1) is 0 Å². The van der Waals surface area contributed by atoms with Crippen molar-refractivity contribution in [2.45, 2.75) is 123 Å². The predicted molar refractivity (Wildman–Crippen MR) is 116 cm³/mol. The molecule has 1 unspecified atom stereocenters. The molecule has 0 aromatic carbocycles. The van der Waals surface area contributed by atoms with Gasteiger partial charge in [0.1, 0.15) is 0 Å². The van der Waals surface area contributed by atoms with Crippen LogP contribution in [0.4, 0.5) is 0 Å². The standard InChI is InChI=1S/C22H43NO2.ClH/c1-7-8-9-10-11-12-13-14-15-16-17-18-22(5,6)23-20(4)25-21(24)19(2)3;/h20,23H,2,7-18H2,1,3-6H3;1H. The lowest BCUT2D eigenvalue weighted by molar-refractivity contribution is -0.145. The fraction of sp³-hybridized carbons (Fsp3) is 0.864. The Morgan fingerprint density at radius 1 is 0.962 bits per heavy atom. The zero-order valence-electron chi connectivity index (χ0n) is 18.0. The molecule has 0 aromatic heterocycles. The number of nitrogens with one attached hydrogen (secondary N) is 1. The highest BCUT2D eigenvalue weighted by atomic mass is 35.5. The number of carbonyl (C=O) groups excluding carboxylic acids is 1. The van der Waals surface area contributed by atoms with Crippen molar-refractivity contribution in [1.82, 2.24) is 5.32 Å². The predicted octanol–water partition coefficient (Wildman–Crippen LogP) is 6.94. The summed E-state index contributed by atoms with van der Waals surface area (Å²) in [4.78, 5) is 11.5. The van der Waals surface area contributed by atoms with Crippen LogP contribution in [0.25, 0.3) is 0 Å². The first-order chi connectivity index (χ1) is 11.8. The maximum Gasteiger partial charge on any atom is 0.334 e. The van der Waals surface area contributed by atoms with Crippen LogP contribution in [0.5, 0.6) is 0 Å². The Kier molecular flexibility index (Phi) is 17.7. The Hall–Kier alpha value is -0.540. The van der Waals surface area contributed by atoms with Crippen LogP contribution >= 0.6 is 12.4 Å². The molecule has 156 valence electrons. The van der Waals surface area contributed by atoms with Gasteiger partial charge in [0.05, 0.1) is 0 Å². The summed E-state index contributed by atoms with van der Waals surface area (Å²) in [6.07, 6.45) is 15.8. The average molecular weight is 390 g/mol. The van der Waals surface area contributed by atoms with Gasteiger partial charge in [-0.3, -0.25) is 5.32 Å². The molecule has 0 saturated carbocycles. The number of rotatable bonds is 16. The van der Waals surface area contributed by atoms with Crippen molar-refractivity contribution in [1.29, 1.82) is 0 Å². The monoisotopic (exact) mass is 389 g/mol. The van der Waals surface area contributed by atoms with Gasteiger partial charge in [-0.05, 0) is 34.1 Å². The topological polar surface area (TPSA) is 38.3 Å².